The molecule has 0 spiro atoms. The van der Waals surface area contributed by atoms with Gasteiger partial charge in [0.25, 0.3) is 0 Å². The lowest BCUT2D eigenvalue weighted by molar-refractivity contribution is -0.142. The zero-order valence-electron chi connectivity index (χ0n) is 22.2. The van der Waals surface area contributed by atoms with E-state index in [0.717, 1.165) is 5.56 Å². The molecule has 1 aromatic rings. The van der Waals surface area contributed by atoms with E-state index < -0.39 is 60.2 Å². The quantitative estimate of drug-likeness (QED) is 0.132. The molecule has 6 N–H and O–H groups in total. The number of hydrogen-bond donors (Lipinski definition) is 6. The molecule has 212 valence electrons. The number of hydrogen-bond acceptors (Lipinski definition) is 9. The number of esters is 1. The first kappa shape index (κ1) is 32.3. The molecule has 13 nitrogen and oxygen atoms in total. The molecule has 13 heteroatoms. The highest BCUT2D eigenvalue weighted by molar-refractivity contribution is 5.94. The zero-order valence-corrected chi connectivity index (χ0v) is 22.2. The first-order valence-corrected chi connectivity index (χ1v) is 12.1. The van der Waals surface area contributed by atoms with E-state index in [-0.39, 0.29) is 25.2 Å². The monoisotopic (exact) mass is 538 g/mol. The fourth-order valence-electron chi connectivity index (χ4n) is 3.40. The fourth-order valence-corrected chi connectivity index (χ4v) is 3.40. The van der Waals surface area contributed by atoms with Gasteiger partial charge in [0.15, 0.2) is 6.29 Å². The van der Waals surface area contributed by atoms with Crippen molar-refractivity contribution in [3.05, 3.63) is 35.9 Å². The van der Waals surface area contributed by atoms with Crippen molar-refractivity contribution >= 4 is 29.8 Å². The van der Waals surface area contributed by atoms with Crippen LogP contribution in [-0.2, 0) is 35.1 Å². The molecule has 0 aromatic heterocycles. The van der Waals surface area contributed by atoms with Crippen LogP contribution in [0.15, 0.2) is 30.3 Å². The Morgan fingerprint density at radius 1 is 0.816 bits per heavy atom. The summed E-state index contributed by atoms with van der Waals surface area (Å²) in [5, 5.41) is 29.1. The third kappa shape index (κ3) is 11.1. The van der Waals surface area contributed by atoms with Gasteiger partial charge in [0, 0.05) is 12.8 Å². The van der Waals surface area contributed by atoms with Gasteiger partial charge in [-0.15, -0.1) is 0 Å². The van der Waals surface area contributed by atoms with Gasteiger partial charge in [-0.05, 0) is 24.8 Å². The van der Waals surface area contributed by atoms with Crippen LogP contribution in [0.25, 0.3) is 0 Å². The Morgan fingerprint density at radius 2 is 1.45 bits per heavy atom. The van der Waals surface area contributed by atoms with E-state index in [0.29, 0.717) is 0 Å². The van der Waals surface area contributed by atoms with E-state index in [2.05, 4.69) is 30.7 Å². The smallest absolute Gasteiger partial charge is 0.407 e. The number of benzene rings is 1. The van der Waals surface area contributed by atoms with Gasteiger partial charge in [-0.3, -0.25) is 19.2 Å². The Bertz CT molecular complexity index is 940. The van der Waals surface area contributed by atoms with Gasteiger partial charge in [-0.25, -0.2) is 4.79 Å². The molecule has 0 aliphatic carbocycles. The van der Waals surface area contributed by atoms with Crippen molar-refractivity contribution in [1.82, 2.24) is 21.3 Å². The number of aliphatic hydroxyl groups is 2. The standard InChI is InChI=1S/C25H38N4O9/c1-14(2)20(29-25(36)38-5)23(33)28-18(13-16-9-7-6-8-10-16)22(32)26-15(3)21(31)27-17(24(34)35)11-12-19(30)37-4/h6-10,14-15,17-18,20,24,34-35H,11-13H2,1-5H3,(H,26,32)(H,27,31)(H,28,33)(H,29,36)/t15-,17?,18-,20-/m0/s1. The maximum Gasteiger partial charge on any atom is 0.407 e. The Morgan fingerprint density at radius 3 is 1.97 bits per heavy atom. The van der Waals surface area contributed by atoms with E-state index in [4.69, 9.17) is 0 Å². The summed E-state index contributed by atoms with van der Waals surface area (Å²) in [5.74, 6) is -2.96. The summed E-state index contributed by atoms with van der Waals surface area (Å²) in [7, 11) is 2.35. The fraction of sp³-hybridized carbons (Fsp3) is 0.560. The maximum absolute atomic E-state index is 13.2. The van der Waals surface area contributed by atoms with Crippen molar-refractivity contribution in [2.75, 3.05) is 14.2 Å². The van der Waals surface area contributed by atoms with Crippen LogP contribution in [0.2, 0.25) is 0 Å². The molecule has 4 amide bonds. The van der Waals surface area contributed by atoms with Gasteiger partial charge in [0.1, 0.15) is 18.1 Å². The lowest BCUT2D eigenvalue weighted by Crippen LogP contribution is -2.58. The molecule has 38 heavy (non-hydrogen) atoms. The third-order valence-corrected chi connectivity index (χ3v) is 5.65. The number of amides is 4. The van der Waals surface area contributed by atoms with Crippen LogP contribution in [0, 0.1) is 5.92 Å². The minimum absolute atomic E-state index is 0.0902. The van der Waals surface area contributed by atoms with Crippen LogP contribution >= 0.6 is 0 Å². The Hall–Kier alpha value is -3.71. The molecule has 0 aliphatic heterocycles. The van der Waals surface area contributed by atoms with E-state index >= 15 is 0 Å². The highest BCUT2D eigenvalue weighted by Crippen LogP contribution is 2.08. The zero-order chi connectivity index (χ0) is 28.8. The largest absolute Gasteiger partial charge is 0.469 e. The van der Waals surface area contributed by atoms with Crippen LogP contribution in [0.4, 0.5) is 4.79 Å². The van der Waals surface area contributed by atoms with Gasteiger partial charge < -0.3 is 41.0 Å². The average molecular weight is 539 g/mol. The molecule has 0 saturated heterocycles. The summed E-state index contributed by atoms with van der Waals surface area (Å²) >= 11 is 0. The maximum atomic E-state index is 13.2. The first-order valence-electron chi connectivity index (χ1n) is 12.1. The lowest BCUT2D eigenvalue weighted by Gasteiger charge is -2.26. The van der Waals surface area contributed by atoms with Gasteiger partial charge in [0.2, 0.25) is 17.7 Å². The molecule has 1 aromatic carbocycles. The topological polar surface area (TPSA) is 192 Å². The van der Waals surface area contributed by atoms with Crippen LogP contribution in [0.3, 0.4) is 0 Å². The van der Waals surface area contributed by atoms with Crippen molar-refractivity contribution in [3.8, 4) is 0 Å². The minimum Gasteiger partial charge on any atom is -0.469 e. The highest BCUT2D eigenvalue weighted by atomic mass is 16.5. The molecule has 0 bridgehead atoms. The Labute approximate surface area is 221 Å². The average Bonchev–Trinajstić information content (AvgIpc) is 2.88. The van der Waals surface area contributed by atoms with Crippen LogP contribution in [0.5, 0.6) is 0 Å². The number of alkyl carbamates (subject to hydrolysis) is 1. The lowest BCUT2D eigenvalue weighted by atomic mass is 10.0. The van der Waals surface area contributed by atoms with E-state index in [1.54, 1.807) is 44.2 Å². The van der Waals surface area contributed by atoms with Gasteiger partial charge in [0.05, 0.1) is 20.3 Å². The second-order valence-electron chi connectivity index (χ2n) is 8.98. The number of aliphatic hydroxyl groups excluding tert-OH is 1. The van der Waals surface area contributed by atoms with E-state index in [1.165, 1.54) is 21.1 Å². The normalized spacial score (nSPS) is 14.0. The summed E-state index contributed by atoms with van der Waals surface area (Å²) in [4.78, 5) is 61.9. The van der Waals surface area contributed by atoms with Crippen molar-refractivity contribution in [3.63, 3.8) is 0 Å². The van der Waals surface area contributed by atoms with Crippen molar-refractivity contribution in [1.29, 1.82) is 0 Å². The number of methoxy groups -OCH3 is 2. The molecule has 0 radical (unpaired) electrons. The molecule has 1 unspecified atom stereocenters. The SMILES string of the molecule is COC(=O)CCC(NC(=O)[C@H](C)NC(=O)[C@H](Cc1ccccc1)NC(=O)[C@@H](NC(=O)OC)C(C)C)C(O)O. The van der Waals surface area contributed by atoms with Crippen LogP contribution < -0.4 is 21.3 Å². The number of nitrogens with one attached hydrogen (secondary N) is 4. The molecular formula is C25H38N4O9. The number of carbonyl (C=O) groups excluding carboxylic acids is 5. The van der Waals surface area contributed by atoms with Gasteiger partial charge in [-0.1, -0.05) is 44.2 Å². The summed E-state index contributed by atoms with van der Waals surface area (Å²) in [5.41, 5.74) is 0.735. The molecule has 4 atom stereocenters. The highest BCUT2D eigenvalue weighted by Gasteiger charge is 2.31. The van der Waals surface area contributed by atoms with Crippen LogP contribution in [0.1, 0.15) is 39.2 Å². The molecule has 0 aliphatic rings. The Balaban J connectivity index is 2.99. The number of carbonyl (C=O) groups is 5. The van der Waals surface area contributed by atoms with Crippen molar-refractivity contribution in [2.24, 2.45) is 5.92 Å². The summed E-state index contributed by atoms with van der Waals surface area (Å²) in [6.07, 6.45) is -2.94. The number of ether oxygens (including phenoxy) is 2. The molecular weight excluding hydrogens is 500 g/mol. The second kappa shape index (κ2) is 16.2. The van der Waals surface area contributed by atoms with E-state index in [1.807, 2.05) is 0 Å². The summed E-state index contributed by atoms with van der Waals surface area (Å²) in [6.45, 7) is 4.81. The second-order valence-corrected chi connectivity index (χ2v) is 8.98. The third-order valence-electron chi connectivity index (χ3n) is 5.65. The van der Waals surface area contributed by atoms with Gasteiger partial charge >= 0.3 is 12.1 Å². The number of rotatable bonds is 14. The van der Waals surface area contributed by atoms with Crippen LogP contribution in [-0.4, -0.2) is 84.7 Å². The molecule has 0 heterocycles. The molecule has 0 fully saturated rings. The molecule has 0 saturated carbocycles. The molecule has 1 rings (SSSR count). The van der Waals surface area contributed by atoms with Gasteiger partial charge in [-0.2, -0.15) is 0 Å². The first-order chi connectivity index (χ1) is 17.9. The predicted octanol–water partition coefficient (Wildman–Crippen LogP) is -0.652. The van der Waals surface area contributed by atoms with Crippen molar-refractivity contribution in [2.45, 2.75) is 70.5 Å². The summed E-state index contributed by atoms with van der Waals surface area (Å²) < 4.78 is 9.09. The predicted molar refractivity (Wildman–Crippen MR) is 135 cm³/mol. The minimum atomic E-state index is -1.95. The van der Waals surface area contributed by atoms with Crippen molar-refractivity contribution < 1.29 is 43.7 Å². The summed E-state index contributed by atoms with van der Waals surface area (Å²) in [6, 6.07) is 4.45. The van der Waals surface area contributed by atoms with E-state index in [9.17, 15) is 34.2 Å². The Kier molecular flexibility index (Phi) is 13.8.